The lowest BCUT2D eigenvalue weighted by atomic mass is 10.1. The molecule has 0 aliphatic rings. The van der Waals surface area contributed by atoms with Crippen LogP contribution in [0.15, 0.2) is 36.5 Å². The molecule has 3 heteroatoms. The van der Waals surface area contributed by atoms with Crippen LogP contribution in [0.2, 0.25) is 0 Å². The Labute approximate surface area is 126 Å². The third-order valence-corrected chi connectivity index (χ3v) is 5.03. The molecular weight excluding hydrogens is 264 g/mol. The van der Waals surface area contributed by atoms with Crippen LogP contribution in [0.4, 0.5) is 0 Å². The van der Waals surface area contributed by atoms with Crippen LogP contribution in [0.3, 0.4) is 0 Å². The van der Waals surface area contributed by atoms with E-state index >= 15 is 0 Å². The van der Waals surface area contributed by atoms with E-state index in [4.69, 9.17) is 0 Å². The molecule has 0 saturated carbocycles. The molecule has 2 unspecified atom stereocenters. The summed E-state index contributed by atoms with van der Waals surface area (Å²) in [5.41, 5.74) is 2.43. The Morgan fingerprint density at radius 3 is 2.85 bits per heavy atom. The zero-order chi connectivity index (χ0) is 14.4. The normalized spacial score (nSPS) is 14.3. The van der Waals surface area contributed by atoms with Gasteiger partial charge < -0.3 is 5.32 Å². The average molecular weight is 288 g/mol. The van der Waals surface area contributed by atoms with E-state index in [1.54, 1.807) is 0 Å². The van der Waals surface area contributed by atoms with Crippen molar-refractivity contribution in [3.63, 3.8) is 0 Å². The minimum absolute atomic E-state index is 0.420. The van der Waals surface area contributed by atoms with Gasteiger partial charge in [-0.15, -0.1) is 0 Å². The molecular formula is C17H24N2S. The van der Waals surface area contributed by atoms with Gasteiger partial charge in [0.25, 0.3) is 0 Å². The monoisotopic (exact) mass is 288 g/mol. The smallest absolute Gasteiger partial charge is 0.0702 e. The van der Waals surface area contributed by atoms with Gasteiger partial charge in [0.15, 0.2) is 0 Å². The minimum atomic E-state index is 0.420. The first-order valence-corrected chi connectivity index (χ1v) is 8.49. The molecule has 0 spiro atoms. The Balaban J connectivity index is 2.17. The summed E-state index contributed by atoms with van der Waals surface area (Å²) in [6.07, 6.45) is 3.08. The van der Waals surface area contributed by atoms with E-state index in [0.29, 0.717) is 6.04 Å². The van der Waals surface area contributed by atoms with Crippen LogP contribution >= 0.6 is 11.8 Å². The van der Waals surface area contributed by atoms with E-state index in [0.717, 1.165) is 23.1 Å². The number of pyridine rings is 1. The number of fused-ring (bicyclic) bond motifs is 1. The zero-order valence-electron chi connectivity index (χ0n) is 12.6. The Hall–Kier alpha value is -1.06. The fourth-order valence-corrected chi connectivity index (χ4v) is 3.28. The molecule has 2 atom stereocenters. The summed E-state index contributed by atoms with van der Waals surface area (Å²) in [5, 5.41) is 5.55. The van der Waals surface area contributed by atoms with Crippen molar-refractivity contribution < 1.29 is 0 Å². The number of thioether (sulfide) groups is 1. The molecule has 0 aliphatic carbocycles. The van der Waals surface area contributed by atoms with Gasteiger partial charge in [-0.2, -0.15) is 11.8 Å². The zero-order valence-corrected chi connectivity index (χ0v) is 13.4. The second kappa shape index (κ2) is 7.65. The van der Waals surface area contributed by atoms with Crippen molar-refractivity contribution in [2.24, 2.45) is 0 Å². The maximum absolute atomic E-state index is 4.39. The SMILES string of the molecule is CCNC(CSC(C)CC)c1ccc2ncccc2c1. The van der Waals surface area contributed by atoms with Crippen LogP contribution in [-0.4, -0.2) is 22.5 Å². The molecule has 0 amide bonds. The van der Waals surface area contributed by atoms with Gasteiger partial charge in [-0.25, -0.2) is 0 Å². The standard InChI is InChI=1S/C17H24N2S/c1-4-13(3)20-12-17(18-5-2)15-8-9-16-14(11-15)7-6-10-19-16/h6-11,13,17-18H,4-5,12H2,1-3H3. The fourth-order valence-electron chi connectivity index (χ4n) is 2.21. The van der Waals surface area contributed by atoms with Crippen LogP contribution in [0.5, 0.6) is 0 Å². The minimum Gasteiger partial charge on any atom is -0.310 e. The molecule has 0 fully saturated rings. The summed E-state index contributed by atoms with van der Waals surface area (Å²) in [6.45, 7) is 7.72. The maximum atomic E-state index is 4.39. The highest BCUT2D eigenvalue weighted by atomic mass is 32.2. The molecule has 0 radical (unpaired) electrons. The first-order valence-electron chi connectivity index (χ1n) is 7.44. The molecule has 1 heterocycles. The maximum Gasteiger partial charge on any atom is 0.0702 e. The first-order chi connectivity index (χ1) is 9.74. The number of benzene rings is 1. The predicted molar refractivity (Wildman–Crippen MR) is 90.4 cm³/mol. The summed E-state index contributed by atoms with van der Waals surface area (Å²) >= 11 is 2.05. The second-order valence-electron chi connectivity index (χ2n) is 5.12. The molecule has 0 saturated heterocycles. The number of nitrogens with one attached hydrogen (secondary N) is 1. The number of hydrogen-bond donors (Lipinski definition) is 1. The lowest BCUT2D eigenvalue weighted by Gasteiger charge is -2.20. The van der Waals surface area contributed by atoms with Gasteiger partial charge in [0.2, 0.25) is 0 Å². The van der Waals surface area contributed by atoms with Crippen LogP contribution in [-0.2, 0) is 0 Å². The van der Waals surface area contributed by atoms with E-state index in [1.165, 1.54) is 17.4 Å². The van der Waals surface area contributed by atoms with Gasteiger partial charge in [0, 0.05) is 28.6 Å². The molecule has 0 bridgehead atoms. The van der Waals surface area contributed by atoms with Crippen molar-refractivity contribution in [2.75, 3.05) is 12.3 Å². The molecule has 1 aromatic carbocycles. The highest BCUT2D eigenvalue weighted by Crippen LogP contribution is 2.25. The average Bonchev–Trinajstić information content (AvgIpc) is 2.50. The van der Waals surface area contributed by atoms with Crippen molar-refractivity contribution in [2.45, 2.75) is 38.5 Å². The lowest BCUT2D eigenvalue weighted by molar-refractivity contribution is 0.605. The van der Waals surface area contributed by atoms with Gasteiger partial charge in [-0.3, -0.25) is 4.98 Å². The lowest BCUT2D eigenvalue weighted by Crippen LogP contribution is -2.23. The second-order valence-corrected chi connectivity index (χ2v) is 6.59. The summed E-state index contributed by atoms with van der Waals surface area (Å²) in [4.78, 5) is 4.39. The van der Waals surface area contributed by atoms with Gasteiger partial charge in [0.1, 0.15) is 0 Å². The predicted octanol–water partition coefficient (Wildman–Crippen LogP) is 4.42. The topological polar surface area (TPSA) is 24.9 Å². The summed E-state index contributed by atoms with van der Waals surface area (Å²) in [5.74, 6) is 1.12. The molecule has 2 rings (SSSR count). The van der Waals surface area contributed by atoms with E-state index in [1.807, 2.05) is 24.0 Å². The molecule has 1 aromatic heterocycles. The number of hydrogen-bond acceptors (Lipinski definition) is 3. The quantitative estimate of drug-likeness (QED) is 0.816. The number of aromatic nitrogens is 1. The largest absolute Gasteiger partial charge is 0.310 e. The summed E-state index contributed by atoms with van der Waals surface area (Å²) in [6, 6.07) is 11.2. The molecule has 108 valence electrons. The molecule has 1 N–H and O–H groups in total. The van der Waals surface area contributed by atoms with Gasteiger partial charge in [0.05, 0.1) is 5.52 Å². The highest BCUT2D eigenvalue weighted by molar-refractivity contribution is 7.99. The number of rotatable bonds is 7. The van der Waals surface area contributed by atoms with Crippen molar-refractivity contribution in [1.82, 2.24) is 10.3 Å². The fraction of sp³-hybridized carbons (Fsp3) is 0.471. The van der Waals surface area contributed by atoms with E-state index in [-0.39, 0.29) is 0 Å². The third kappa shape index (κ3) is 3.97. The van der Waals surface area contributed by atoms with Crippen molar-refractivity contribution >= 4 is 22.7 Å². The molecule has 2 aromatic rings. The summed E-state index contributed by atoms with van der Waals surface area (Å²) in [7, 11) is 0. The Morgan fingerprint density at radius 1 is 1.25 bits per heavy atom. The highest BCUT2D eigenvalue weighted by Gasteiger charge is 2.12. The van der Waals surface area contributed by atoms with Crippen LogP contribution in [0, 0.1) is 0 Å². The molecule has 2 nitrogen and oxygen atoms in total. The molecule has 0 aliphatic heterocycles. The van der Waals surface area contributed by atoms with Gasteiger partial charge in [-0.05, 0) is 36.7 Å². The van der Waals surface area contributed by atoms with Crippen molar-refractivity contribution in [1.29, 1.82) is 0 Å². The Bertz CT molecular complexity index is 541. The van der Waals surface area contributed by atoms with E-state index in [9.17, 15) is 0 Å². The van der Waals surface area contributed by atoms with Crippen LogP contribution < -0.4 is 5.32 Å². The molecule has 20 heavy (non-hydrogen) atoms. The summed E-state index contributed by atoms with van der Waals surface area (Å²) < 4.78 is 0. The van der Waals surface area contributed by atoms with Crippen molar-refractivity contribution in [3.8, 4) is 0 Å². The van der Waals surface area contributed by atoms with Crippen LogP contribution in [0.1, 0.15) is 38.8 Å². The third-order valence-electron chi connectivity index (χ3n) is 3.60. The Morgan fingerprint density at radius 2 is 2.10 bits per heavy atom. The number of nitrogens with zero attached hydrogens (tertiary/aromatic N) is 1. The van der Waals surface area contributed by atoms with Gasteiger partial charge in [-0.1, -0.05) is 32.9 Å². The van der Waals surface area contributed by atoms with Crippen molar-refractivity contribution in [3.05, 3.63) is 42.1 Å². The van der Waals surface area contributed by atoms with E-state index in [2.05, 4.69) is 55.3 Å². The van der Waals surface area contributed by atoms with Gasteiger partial charge >= 0.3 is 0 Å². The van der Waals surface area contributed by atoms with E-state index < -0.39 is 0 Å². The first kappa shape index (κ1) is 15.3. The Kier molecular flexibility index (Phi) is 5.86. The van der Waals surface area contributed by atoms with Crippen LogP contribution in [0.25, 0.3) is 10.9 Å².